The maximum absolute atomic E-state index is 11.5. The highest BCUT2D eigenvalue weighted by Gasteiger charge is 2.22. The van der Waals surface area contributed by atoms with Crippen molar-refractivity contribution in [2.45, 2.75) is 19.9 Å². The number of fused-ring (bicyclic) bond motifs is 1. The summed E-state index contributed by atoms with van der Waals surface area (Å²) in [7, 11) is 0. The molecule has 1 heterocycles. The molecule has 17 heavy (non-hydrogen) atoms. The predicted octanol–water partition coefficient (Wildman–Crippen LogP) is 1.22. The van der Waals surface area contributed by atoms with E-state index < -0.39 is 0 Å². The van der Waals surface area contributed by atoms with Crippen molar-refractivity contribution in [3.8, 4) is 0 Å². The molecule has 5 nitrogen and oxygen atoms in total. The topological polar surface area (TPSA) is 72.9 Å². The van der Waals surface area contributed by atoms with Crippen LogP contribution in [0.2, 0.25) is 0 Å². The summed E-state index contributed by atoms with van der Waals surface area (Å²) in [5.41, 5.74) is 3.20. The van der Waals surface area contributed by atoms with Crippen LogP contribution in [0.1, 0.15) is 19.9 Å². The highest BCUT2D eigenvalue weighted by Crippen LogP contribution is 2.22. The number of aromatic nitrogens is 2. The van der Waals surface area contributed by atoms with Crippen molar-refractivity contribution in [1.82, 2.24) is 15.2 Å². The van der Waals surface area contributed by atoms with Crippen molar-refractivity contribution in [2.75, 3.05) is 0 Å². The number of para-hydroxylation sites is 1. The van der Waals surface area contributed by atoms with E-state index in [-0.39, 0.29) is 17.9 Å². The van der Waals surface area contributed by atoms with Gasteiger partial charge >= 0.3 is 0 Å². The van der Waals surface area contributed by atoms with Crippen LogP contribution in [0, 0.1) is 5.92 Å². The van der Waals surface area contributed by atoms with Gasteiger partial charge in [-0.2, -0.15) is 5.10 Å². The zero-order valence-electron chi connectivity index (χ0n) is 9.92. The maximum atomic E-state index is 11.5. The zero-order chi connectivity index (χ0) is 12.4. The van der Waals surface area contributed by atoms with Crippen molar-refractivity contribution in [3.63, 3.8) is 0 Å². The molecule has 5 heteroatoms. The zero-order valence-corrected chi connectivity index (χ0v) is 9.92. The van der Waals surface area contributed by atoms with Crippen LogP contribution in [-0.2, 0) is 4.79 Å². The standard InChI is InChI=1S/C12H16N4O/c1-8(12(17)15-13)9(2)16-11-6-4-3-5-10(11)7-14-16/h3-9H,13H2,1-2H3,(H,15,17). The van der Waals surface area contributed by atoms with Crippen LogP contribution in [0.3, 0.4) is 0 Å². The van der Waals surface area contributed by atoms with E-state index in [0.29, 0.717) is 0 Å². The number of rotatable bonds is 3. The molecule has 2 atom stereocenters. The van der Waals surface area contributed by atoms with Crippen molar-refractivity contribution in [1.29, 1.82) is 0 Å². The monoisotopic (exact) mass is 232 g/mol. The molecule has 0 aliphatic carbocycles. The second-order valence-electron chi connectivity index (χ2n) is 4.19. The number of nitrogens with zero attached hydrogens (tertiary/aromatic N) is 2. The van der Waals surface area contributed by atoms with Gasteiger partial charge in [0.1, 0.15) is 0 Å². The largest absolute Gasteiger partial charge is 0.294 e. The molecule has 0 saturated carbocycles. The third-order valence-corrected chi connectivity index (χ3v) is 3.17. The number of hydrogen-bond donors (Lipinski definition) is 2. The smallest absolute Gasteiger partial charge is 0.238 e. The van der Waals surface area contributed by atoms with E-state index in [1.54, 1.807) is 6.20 Å². The Balaban J connectivity index is 2.36. The van der Waals surface area contributed by atoms with Crippen LogP contribution < -0.4 is 11.3 Å². The predicted molar refractivity (Wildman–Crippen MR) is 65.9 cm³/mol. The van der Waals surface area contributed by atoms with E-state index >= 15 is 0 Å². The van der Waals surface area contributed by atoms with E-state index in [1.165, 1.54) is 0 Å². The number of nitrogens with one attached hydrogen (secondary N) is 1. The van der Waals surface area contributed by atoms with Gasteiger partial charge in [0.15, 0.2) is 0 Å². The van der Waals surface area contributed by atoms with E-state index in [4.69, 9.17) is 5.84 Å². The molecular weight excluding hydrogens is 216 g/mol. The molecule has 1 aromatic heterocycles. The average Bonchev–Trinajstić information content (AvgIpc) is 2.79. The van der Waals surface area contributed by atoms with Crippen molar-refractivity contribution >= 4 is 16.8 Å². The first-order chi connectivity index (χ1) is 8.15. The summed E-state index contributed by atoms with van der Waals surface area (Å²) < 4.78 is 1.86. The van der Waals surface area contributed by atoms with Gasteiger partial charge in [-0.3, -0.25) is 14.9 Å². The molecular formula is C12H16N4O. The van der Waals surface area contributed by atoms with Gasteiger partial charge in [0.2, 0.25) is 5.91 Å². The van der Waals surface area contributed by atoms with Gasteiger partial charge in [-0.1, -0.05) is 25.1 Å². The second-order valence-corrected chi connectivity index (χ2v) is 4.19. The minimum absolute atomic E-state index is 0.0431. The minimum atomic E-state index is -0.233. The number of nitrogens with two attached hydrogens (primary N) is 1. The Bertz CT molecular complexity index is 534. The number of hydrazine groups is 1. The second kappa shape index (κ2) is 4.55. The highest BCUT2D eigenvalue weighted by molar-refractivity contribution is 5.80. The van der Waals surface area contributed by atoms with Crippen molar-refractivity contribution < 1.29 is 4.79 Å². The van der Waals surface area contributed by atoms with Crippen LogP contribution >= 0.6 is 0 Å². The van der Waals surface area contributed by atoms with E-state index in [2.05, 4.69) is 10.5 Å². The minimum Gasteiger partial charge on any atom is -0.294 e. The molecule has 0 aliphatic rings. The molecule has 0 saturated heterocycles. The average molecular weight is 232 g/mol. The summed E-state index contributed by atoms with van der Waals surface area (Å²) >= 11 is 0. The lowest BCUT2D eigenvalue weighted by molar-refractivity contribution is -0.125. The normalized spacial score (nSPS) is 14.5. The fourth-order valence-electron chi connectivity index (χ4n) is 1.88. The van der Waals surface area contributed by atoms with Crippen LogP contribution in [-0.4, -0.2) is 15.7 Å². The van der Waals surface area contributed by atoms with Gasteiger partial charge in [0, 0.05) is 5.39 Å². The molecule has 0 fully saturated rings. The number of benzene rings is 1. The third kappa shape index (κ3) is 2.01. The van der Waals surface area contributed by atoms with E-state index in [1.807, 2.05) is 42.8 Å². The molecule has 0 bridgehead atoms. The Morgan fingerprint density at radius 2 is 2.12 bits per heavy atom. The van der Waals surface area contributed by atoms with Crippen LogP contribution in [0.15, 0.2) is 30.5 Å². The Kier molecular flexibility index (Phi) is 3.10. The van der Waals surface area contributed by atoms with Gasteiger partial charge in [-0.25, -0.2) is 5.84 Å². The first-order valence-electron chi connectivity index (χ1n) is 5.58. The fraction of sp³-hybridized carbons (Fsp3) is 0.333. The van der Waals surface area contributed by atoms with Crippen LogP contribution in [0.25, 0.3) is 10.9 Å². The van der Waals surface area contributed by atoms with Crippen molar-refractivity contribution in [3.05, 3.63) is 30.5 Å². The summed E-state index contributed by atoms with van der Waals surface area (Å²) in [4.78, 5) is 11.5. The molecule has 90 valence electrons. The SMILES string of the molecule is CC(C(=O)NN)C(C)n1ncc2ccccc21. The summed E-state index contributed by atoms with van der Waals surface area (Å²) in [5.74, 6) is 4.73. The number of carbonyl (C=O) groups is 1. The van der Waals surface area contributed by atoms with E-state index in [9.17, 15) is 4.79 Å². The molecule has 0 radical (unpaired) electrons. The maximum Gasteiger partial charge on any atom is 0.238 e. The Hall–Kier alpha value is -1.88. The molecule has 2 unspecified atom stereocenters. The number of amides is 1. The molecule has 0 spiro atoms. The van der Waals surface area contributed by atoms with E-state index in [0.717, 1.165) is 10.9 Å². The first-order valence-corrected chi connectivity index (χ1v) is 5.58. The molecule has 2 aromatic rings. The molecule has 1 amide bonds. The molecule has 3 N–H and O–H groups in total. The van der Waals surface area contributed by atoms with Gasteiger partial charge in [0.05, 0.1) is 23.7 Å². The van der Waals surface area contributed by atoms with Crippen LogP contribution in [0.5, 0.6) is 0 Å². The lowest BCUT2D eigenvalue weighted by Gasteiger charge is -2.19. The Morgan fingerprint density at radius 1 is 1.41 bits per heavy atom. The third-order valence-electron chi connectivity index (χ3n) is 3.17. The molecule has 2 rings (SSSR count). The highest BCUT2D eigenvalue weighted by atomic mass is 16.2. The van der Waals surface area contributed by atoms with Crippen LogP contribution in [0.4, 0.5) is 0 Å². The van der Waals surface area contributed by atoms with Gasteiger partial charge in [-0.15, -0.1) is 0 Å². The van der Waals surface area contributed by atoms with Gasteiger partial charge in [-0.05, 0) is 13.0 Å². The lowest BCUT2D eigenvalue weighted by atomic mass is 10.0. The summed E-state index contributed by atoms with van der Waals surface area (Å²) in [5, 5.41) is 5.40. The number of hydrogen-bond acceptors (Lipinski definition) is 3. The molecule has 0 aliphatic heterocycles. The van der Waals surface area contributed by atoms with Gasteiger partial charge in [0.25, 0.3) is 0 Å². The van der Waals surface area contributed by atoms with Gasteiger partial charge < -0.3 is 0 Å². The van der Waals surface area contributed by atoms with Crippen molar-refractivity contribution in [2.24, 2.45) is 11.8 Å². The lowest BCUT2D eigenvalue weighted by Crippen LogP contribution is -2.38. The molecule has 1 aromatic carbocycles. The first kappa shape index (κ1) is 11.6. The number of carbonyl (C=O) groups excluding carboxylic acids is 1. The Labute approximate surface area is 99.6 Å². The summed E-state index contributed by atoms with van der Waals surface area (Å²) in [6.45, 7) is 3.79. The summed E-state index contributed by atoms with van der Waals surface area (Å²) in [6.07, 6.45) is 1.80. The summed E-state index contributed by atoms with van der Waals surface area (Å²) in [6, 6.07) is 7.87. The Morgan fingerprint density at radius 3 is 2.82 bits per heavy atom. The fourth-order valence-corrected chi connectivity index (χ4v) is 1.88. The quantitative estimate of drug-likeness (QED) is 0.475.